The van der Waals surface area contributed by atoms with Gasteiger partial charge in [-0.05, 0) is 42.5 Å². The van der Waals surface area contributed by atoms with Gasteiger partial charge in [0.05, 0.1) is 11.7 Å². The molecule has 2 aliphatic rings. The van der Waals surface area contributed by atoms with E-state index in [1.807, 2.05) is 24.4 Å². The van der Waals surface area contributed by atoms with E-state index < -0.39 is 5.92 Å². The summed E-state index contributed by atoms with van der Waals surface area (Å²) < 4.78 is 28.1. The molecule has 4 heterocycles. The number of fused-ring (bicyclic) bond motifs is 2. The third-order valence-electron chi connectivity index (χ3n) is 6.14. The molecule has 4 aromatic rings. The van der Waals surface area contributed by atoms with Crippen molar-refractivity contribution < 1.29 is 8.78 Å². The second kappa shape index (κ2) is 5.68. The molecule has 1 N–H and O–H groups in total. The highest BCUT2D eigenvalue weighted by Gasteiger charge is 2.61. The Balaban J connectivity index is 1.23. The number of hydrogen-bond donors (Lipinski definition) is 1. The van der Waals surface area contributed by atoms with Gasteiger partial charge in [0.1, 0.15) is 0 Å². The lowest BCUT2D eigenvalue weighted by Gasteiger charge is -2.57. The molecule has 0 unspecified atom stereocenters. The molecule has 0 aliphatic heterocycles. The van der Waals surface area contributed by atoms with Gasteiger partial charge < -0.3 is 5.32 Å². The number of nitrogens with one attached hydrogen (secondary N) is 1. The quantitative estimate of drug-likeness (QED) is 0.562. The molecule has 2 fully saturated rings. The monoisotopic (exact) mass is 392 g/mol. The van der Waals surface area contributed by atoms with Crippen molar-refractivity contribution >= 4 is 22.5 Å². The molecule has 0 aromatic carbocycles. The van der Waals surface area contributed by atoms with Crippen LogP contribution in [0.2, 0.25) is 0 Å². The van der Waals surface area contributed by atoms with E-state index in [1.54, 1.807) is 23.1 Å². The van der Waals surface area contributed by atoms with Gasteiger partial charge in [-0.3, -0.25) is 0 Å². The Bertz CT molecular complexity index is 1230. The second-order valence-corrected chi connectivity index (χ2v) is 8.37. The Morgan fingerprint density at radius 3 is 2.76 bits per heavy atom. The van der Waals surface area contributed by atoms with Gasteiger partial charge in [-0.1, -0.05) is 0 Å². The lowest BCUT2D eigenvalue weighted by Crippen LogP contribution is -2.57. The number of pyridine rings is 2. The van der Waals surface area contributed by atoms with Crippen LogP contribution in [0.25, 0.3) is 27.7 Å². The summed E-state index contributed by atoms with van der Waals surface area (Å²) in [6, 6.07) is 8.08. The number of halogens is 2. The van der Waals surface area contributed by atoms with E-state index in [0.29, 0.717) is 11.6 Å². The first-order valence-electron chi connectivity index (χ1n) is 9.69. The van der Waals surface area contributed by atoms with Gasteiger partial charge in [-0.25, -0.2) is 28.2 Å². The van der Waals surface area contributed by atoms with E-state index in [-0.39, 0.29) is 24.3 Å². The average molecular weight is 392 g/mol. The van der Waals surface area contributed by atoms with Crippen LogP contribution in [-0.2, 0) is 0 Å². The molecule has 0 saturated heterocycles. The largest absolute Gasteiger partial charge is 0.350 e. The van der Waals surface area contributed by atoms with E-state index >= 15 is 0 Å². The third kappa shape index (κ3) is 2.73. The number of anilines is 1. The number of hydrogen-bond acceptors (Lipinski definition) is 5. The Labute approximate surface area is 165 Å². The molecule has 0 amide bonds. The lowest BCUT2D eigenvalue weighted by molar-refractivity contribution is -0.193. The Kier molecular flexibility index (Phi) is 3.29. The van der Waals surface area contributed by atoms with E-state index in [0.717, 1.165) is 34.9 Å². The second-order valence-electron chi connectivity index (χ2n) is 8.37. The van der Waals surface area contributed by atoms with E-state index in [1.165, 1.54) is 0 Å². The summed E-state index contributed by atoms with van der Waals surface area (Å²) in [5.74, 6) is -1.94. The van der Waals surface area contributed by atoms with Gasteiger partial charge in [0, 0.05) is 54.0 Å². The van der Waals surface area contributed by atoms with Crippen molar-refractivity contribution in [1.82, 2.24) is 24.6 Å². The van der Waals surface area contributed by atoms with Gasteiger partial charge in [-0.2, -0.15) is 0 Å². The van der Waals surface area contributed by atoms with Crippen LogP contribution in [0.5, 0.6) is 0 Å². The standard InChI is InChI=1S/C21H18F2N6/c22-21(23)11-20(12-21)7-15(8-20)27-19-26-10-17-16(3-5-29(17)28-19)14-6-13-2-1-4-24-18(13)25-9-14/h1-6,9-10,15H,7-8,11-12H2,(H,27,28). The molecule has 1 spiro atoms. The molecule has 29 heavy (non-hydrogen) atoms. The van der Waals surface area contributed by atoms with Crippen LogP contribution in [0.1, 0.15) is 25.7 Å². The molecule has 0 bridgehead atoms. The molecule has 6 rings (SSSR count). The van der Waals surface area contributed by atoms with Gasteiger partial charge in [0.15, 0.2) is 5.65 Å². The summed E-state index contributed by atoms with van der Waals surface area (Å²) in [6.07, 6.45) is 8.77. The maximum Gasteiger partial charge on any atom is 0.249 e. The topological polar surface area (TPSA) is 68.0 Å². The van der Waals surface area contributed by atoms with Crippen molar-refractivity contribution in [2.75, 3.05) is 5.32 Å². The van der Waals surface area contributed by atoms with Crippen molar-refractivity contribution in [1.29, 1.82) is 0 Å². The summed E-state index contributed by atoms with van der Waals surface area (Å²) in [7, 11) is 0. The van der Waals surface area contributed by atoms with Gasteiger partial charge in [0.2, 0.25) is 11.9 Å². The molecule has 2 saturated carbocycles. The fourth-order valence-electron chi connectivity index (χ4n) is 4.93. The van der Waals surface area contributed by atoms with Gasteiger partial charge >= 0.3 is 0 Å². The van der Waals surface area contributed by atoms with Crippen molar-refractivity contribution in [3.05, 3.63) is 49.1 Å². The Hall–Kier alpha value is -3.16. The lowest BCUT2D eigenvalue weighted by atomic mass is 9.52. The molecule has 4 aromatic heterocycles. The van der Waals surface area contributed by atoms with Gasteiger partial charge in [-0.15, -0.1) is 5.10 Å². The highest BCUT2D eigenvalue weighted by molar-refractivity contribution is 5.86. The van der Waals surface area contributed by atoms with Crippen LogP contribution < -0.4 is 5.32 Å². The minimum atomic E-state index is -2.46. The zero-order valence-electron chi connectivity index (χ0n) is 15.5. The van der Waals surface area contributed by atoms with Gasteiger partial charge in [0.25, 0.3) is 0 Å². The maximum atomic E-state index is 13.2. The number of nitrogens with zero attached hydrogens (tertiary/aromatic N) is 5. The molecule has 2 aliphatic carbocycles. The number of aromatic nitrogens is 5. The zero-order chi connectivity index (χ0) is 19.6. The van der Waals surface area contributed by atoms with Crippen LogP contribution in [0, 0.1) is 5.41 Å². The third-order valence-corrected chi connectivity index (χ3v) is 6.14. The average Bonchev–Trinajstić information content (AvgIpc) is 3.08. The fraction of sp³-hybridized carbons (Fsp3) is 0.333. The minimum Gasteiger partial charge on any atom is -0.350 e. The normalized spacial score (nSPS) is 19.9. The Morgan fingerprint density at radius 2 is 1.93 bits per heavy atom. The summed E-state index contributed by atoms with van der Waals surface area (Å²) in [6.45, 7) is 0. The first kappa shape index (κ1) is 16.8. The highest BCUT2D eigenvalue weighted by Crippen LogP contribution is 2.62. The SMILES string of the molecule is FC1(F)CC2(CC(Nc3ncc4c(-c5cnc6ncccc6c5)ccn4n3)C2)C1. The van der Waals surface area contributed by atoms with Crippen LogP contribution in [0.4, 0.5) is 14.7 Å². The smallest absolute Gasteiger partial charge is 0.249 e. The minimum absolute atomic E-state index is 0.0222. The first-order chi connectivity index (χ1) is 14.0. The van der Waals surface area contributed by atoms with Crippen molar-refractivity contribution in [2.24, 2.45) is 5.41 Å². The van der Waals surface area contributed by atoms with Crippen molar-refractivity contribution in [3.63, 3.8) is 0 Å². The van der Waals surface area contributed by atoms with Crippen molar-refractivity contribution in [3.8, 4) is 11.1 Å². The van der Waals surface area contributed by atoms with E-state index in [2.05, 4.69) is 31.4 Å². The van der Waals surface area contributed by atoms with Crippen LogP contribution in [0.15, 0.2) is 49.1 Å². The first-order valence-corrected chi connectivity index (χ1v) is 9.69. The number of alkyl halides is 2. The molecule has 0 atom stereocenters. The summed E-state index contributed by atoms with van der Waals surface area (Å²) in [4.78, 5) is 13.1. The fourth-order valence-corrected chi connectivity index (χ4v) is 4.93. The highest BCUT2D eigenvalue weighted by atomic mass is 19.3. The van der Waals surface area contributed by atoms with Crippen LogP contribution in [-0.4, -0.2) is 36.5 Å². The summed E-state index contributed by atoms with van der Waals surface area (Å²) >= 11 is 0. The number of rotatable bonds is 3. The Morgan fingerprint density at radius 1 is 1.07 bits per heavy atom. The van der Waals surface area contributed by atoms with E-state index in [4.69, 9.17) is 0 Å². The molecular formula is C21H18F2N6. The predicted octanol–water partition coefficient (Wildman–Crippen LogP) is 4.33. The summed E-state index contributed by atoms with van der Waals surface area (Å²) in [5, 5.41) is 8.80. The maximum absolute atomic E-state index is 13.2. The molecule has 0 radical (unpaired) electrons. The molecule has 6 nitrogen and oxygen atoms in total. The summed E-state index contributed by atoms with van der Waals surface area (Å²) in [5.41, 5.74) is 3.40. The molecule has 8 heteroatoms. The van der Waals surface area contributed by atoms with Crippen LogP contribution in [0.3, 0.4) is 0 Å². The molecular weight excluding hydrogens is 374 g/mol. The van der Waals surface area contributed by atoms with Crippen molar-refractivity contribution in [2.45, 2.75) is 37.6 Å². The predicted molar refractivity (Wildman–Crippen MR) is 105 cm³/mol. The van der Waals surface area contributed by atoms with E-state index in [9.17, 15) is 8.78 Å². The zero-order valence-corrected chi connectivity index (χ0v) is 15.5. The van der Waals surface area contributed by atoms with Crippen LogP contribution >= 0.6 is 0 Å². The molecule has 146 valence electrons.